The van der Waals surface area contributed by atoms with Crippen molar-refractivity contribution in [1.29, 1.82) is 0 Å². The lowest BCUT2D eigenvalue weighted by Gasteiger charge is -2.23. The Morgan fingerprint density at radius 1 is 1.42 bits per heavy atom. The van der Waals surface area contributed by atoms with Crippen LogP contribution in [-0.4, -0.2) is 29.4 Å². The molecule has 1 atom stereocenters. The van der Waals surface area contributed by atoms with Gasteiger partial charge in [-0.1, -0.05) is 17.7 Å². The molecular weight excluding hydrogens is 258 g/mol. The summed E-state index contributed by atoms with van der Waals surface area (Å²) >= 11 is 1.80. The maximum Gasteiger partial charge on any atom is 0.323 e. The molecule has 0 saturated heterocycles. The lowest BCUT2D eigenvalue weighted by atomic mass is 9.97. The Balaban J connectivity index is 2.47. The van der Waals surface area contributed by atoms with E-state index >= 15 is 0 Å². The van der Waals surface area contributed by atoms with E-state index in [1.807, 2.05) is 0 Å². The SMILES string of the molecule is CNC(C)(CCCSc1cc(C)ccc1C)C(=O)O. The van der Waals surface area contributed by atoms with Gasteiger partial charge in [-0.05, 0) is 58.0 Å². The molecule has 0 aromatic heterocycles. The largest absolute Gasteiger partial charge is 0.480 e. The molecule has 1 aromatic carbocycles. The molecule has 1 unspecified atom stereocenters. The van der Waals surface area contributed by atoms with Gasteiger partial charge in [0.2, 0.25) is 0 Å². The van der Waals surface area contributed by atoms with Gasteiger partial charge >= 0.3 is 5.97 Å². The van der Waals surface area contributed by atoms with Gasteiger partial charge in [0.15, 0.2) is 0 Å². The topological polar surface area (TPSA) is 49.3 Å². The molecule has 0 radical (unpaired) electrons. The number of hydrogen-bond donors (Lipinski definition) is 2. The molecule has 0 aliphatic rings. The fourth-order valence-corrected chi connectivity index (χ4v) is 2.88. The van der Waals surface area contributed by atoms with Crippen LogP contribution in [0.5, 0.6) is 0 Å². The van der Waals surface area contributed by atoms with Crippen LogP contribution in [0.3, 0.4) is 0 Å². The fourth-order valence-electron chi connectivity index (χ4n) is 1.81. The number of thioether (sulfide) groups is 1. The number of rotatable bonds is 7. The van der Waals surface area contributed by atoms with E-state index in [9.17, 15) is 4.79 Å². The number of aliphatic carboxylic acids is 1. The molecule has 0 saturated carbocycles. The van der Waals surface area contributed by atoms with E-state index in [0.29, 0.717) is 6.42 Å². The average Bonchev–Trinajstić information content (AvgIpc) is 2.38. The highest BCUT2D eigenvalue weighted by Crippen LogP contribution is 2.25. The minimum atomic E-state index is -0.817. The van der Waals surface area contributed by atoms with Crippen LogP contribution in [0.4, 0.5) is 0 Å². The Labute approximate surface area is 119 Å². The highest BCUT2D eigenvalue weighted by molar-refractivity contribution is 7.99. The molecular formula is C15H23NO2S. The maximum absolute atomic E-state index is 11.1. The molecule has 0 aliphatic heterocycles. The first-order valence-electron chi connectivity index (χ1n) is 6.51. The van der Waals surface area contributed by atoms with Crippen molar-refractivity contribution in [1.82, 2.24) is 5.32 Å². The van der Waals surface area contributed by atoms with Crippen molar-refractivity contribution in [3.05, 3.63) is 29.3 Å². The van der Waals surface area contributed by atoms with E-state index in [4.69, 9.17) is 5.11 Å². The first kappa shape index (κ1) is 16.1. The minimum absolute atomic E-state index is 0.636. The molecule has 0 fully saturated rings. The van der Waals surface area contributed by atoms with Gasteiger partial charge < -0.3 is 10.4 Å². The van der Waals surface area contributed by atoms with E-state index < -0.39 is 11.5 Å². The first-order valence-corrected chi connectivity index (χ1v) is 7.50. The van der Waals surface area contributed by atoms with Crippen molar-refractivity contribution >= 4 is 17.7 Å². The normalized spacial score (nSPS) is 14.1. The summed E-state index contributed by atoms with van der Waals surface area (Å²) in [5.41, 5.74) is 1.73. The maximum atomic E-state index is 11.1. The summed E-state index contributed by atoms with van der Waals surface area (Å²) in [4.78, 5) is 12.4. The number of benzene rings is 1. The van der Waals surface area contributed by atoms with Crippen LogP contribution in [0.1, 0.15) is 30.9 Å². The van der Waals surface area contributed by atoms with Gasteiger partial charge in [-0.15, -0.1) is 11.8 Å². The zero-order valence-electron chi connectivity index (χ0n) is 12.1. The highest BCUT2D eigenvalue weighted by Gasteiger charge is 2.30. The second kappa shape index (κ2) is 6.96. The monoisotopic (exact) mass is 281 g/mol. The summed E-state index contributed by atoms with van der Waals surface area (Å²) in [6, 6.07) is 6.43. The molecule has 0 spiro atoms. The Kier molecular flexibility index (Phi) is 5.88. The molecule has 0 aliphatic carbocycles. The molecule has 4 heteroatoms. The molecule has 0 bridgehead atoms. The number of hydrogen-bond acceptors (Lipinski definition) is 3. The minimum Gasteiger partial charge on any atom is -0.480 e. The number of likely N-dealkylation sites (N-methyl/N-ethyl adjacent to an activating group) is 1. The molecule has 1 aromatic rings. The van der Waals surface area contributed by atoms with Crippen molar-refractivity contribution in [2.45, 2.75) is 44.0 Å². The van der Waals surface area contributed by atoms with Gasteiger partial charge in [-0.2, -0.15) is 0 Å². The predicted octanol–water partition coefficient (Wildman–Crippen LogP) is 3.24. The third-order valence-corrected chi connectivity index (χ3v) is 4.69. The molecule has 2 N–H and O–H groups in total. The van der Waals surface area contributed by atoms with Crippen LogP contribution in [-0.2, 0) is 4.79 Å². The van der Waals surface area contributed by atoms with E-state index in [-0.39, 0.29) is 0 Å². The molecule has 106 valence electrons. The Morgan fingerprint density at radius 3 is 2.68 bits per heavy atom. The van der Waals surface area contributed by atoms with Crippen molar-refractivity contribution < 1.29 is 9.90 Å². The van der Waals surface area contributed by atoms with Crippen LogP contribution in [0, 0.1) is 13.8 Å². The van der Waals surface area contributed by atoms with Crippen molar-refractivity contribution in [2.75, 3.05) is 12.8 Å². The number of carbonyl (C=O) groups is 1. The summed E-state index contributed by atoms with van der Waals surface area (Å²) in [5.74, 6) is 0.154. The van der Waals surface area contributed by atoms with Crippen LogP contribution >= 0.6 is 11.8 Å². The fraction of sp³-hybridized carbons (Fsp3) is 0.533. The van der Waals surface area contributed by atoms with E-state index in [1.54, 1.807) is 25.7 Å². The third-order valence-electron chi connectivity index (χ3n) is 3.45. The standard InChI is InChI=1S/C15H23NO2S/c1-11-6-7-12(2)13(10-11)19-9-5-8-15(3,16-4)14(17)18/h6-7,10,16H,5,8-9H2,1-4H3,(H,17,18). The van der Waals surface area contributed by atoms with E-state index in [0.717, 1.165) is 12.2 Å². The van der Waals surface area contributed by atoms with Crippen molar-refractivity contribution in [3.63, 3.8) is 0 Å². The molecule has 19 heavy (non-hydrogen) atoms. The lowest BCUT2D eigenvalue weighted by molar-refractivity contribution is -0.144. The van der Waals surface area contributed by atoms with Gasteiger partial charge in [-0.25, -0.2) is 0 Å². The Bertz CT molecular complexity index is 448. The second-order valence-electron chi connectivity index (χ2n) is 5.11. The van der Waals surface area contributed by atoms with Crippen LogP contribution < -0.4 is 5.32 Å². The zero-order chi connectivity index (χ0) is 14.5. The molecule has 1 rings (SSSR count). The number of carboxylic acid groups (broad SMARTS) is 1. The zero-order valence-corrected chi connectivity index (χ0v) is 12.9. The van der Waals surface area contributed by atoms with Crippen LogP contribution in [0.2, 0.25) is 0 Å². The summed E-state index contributed by atoms with van der Waals surface area (Å²) < 4.78 is 0. The third kappa shape index (κ3) is 4.55. The molecule has 0 amide bonds. The van der Waals surface area contributed by atoms with Gasteiger partial charge in [-0.3, -0.25) is 4.79 Å². The van der Waals surface area contributed by atoms with Crippen molar-refractivity contribution in [2.24, 2.45) is 0 Å². The molecule has 3 nitrogen and oxygen atoms in total. The highest BCUT2D eigenvalue weighted by atomic mass is 32.2. The van der Waals surface area contributed by atoms with E-state index in [2.05, 4.69) is 37.4 Å². The number of carboxylic acids is 1. The van der Waals surface area contributed by atoms with Gasteiger partial charge in [0.25, 0.3) is 0 Å². The van der Waals surface area contributed by atoms with Crippen LogP contribution in [0.15, 0.2) is 23.1 Å². The Hall–Kier alpha value is -1.00. The lowest BCUT2D eigenvalue weighted by Crippen LogP contribution is -2.47. The predicted molar refractivity (Wildman–Crippen MR) is 81.0 cm³/mol. The summed E-state index contributed by atoms with van der Waals surface area (Å²) in [6.45, 7) is 5.93. The summed E-state index contributed by atoms with van der Waals surface area (Å²) in [7, 11) is 1.70. The molecule has 0 heterocycles. The number of nitrogens with one attached hydrogen (secondary N) is 1. The van der Waals surface area contributed by atoms with Crippen LogP contribution in [0.25, 0.3) is 0 Å². The number of aryl methyl sites for hydroxylation is 2. The second-order valence-corrected chi connectivity index (χ2v) is 6.24. The van der Waals surface area contributed by atoms with E-state index in [1.165, 1.54) is 16.0 Å². The summed E-state index contributed by atoms with van der Waals surface area (Å²) in [6.07, 6.45) is 1.51. The average molecular weight is 281 g/mol. The Morgan fingerprint density at radius 2 is 2.11 bits per heavy atom. The first-order chi connectivity index (χ1) is 8.89. The quantitative estimate of drug-likeness (QED) is 0.595. The smallest absolute Gasteiger partial charge is 0.323 e. The van der Waals surface area contributed by atoms with Gasteiger partial charge in [0, 0.05) is 4.90 Å². The van der Waals surface area contributed by atoms with Gasteiger partial charge in [0.05, 0.1) is 0 Å². The van der Waals surface area contributed by atoms with Crippen molar-refractivity contribution in [3.8, 4) is 0 Å². The van der Waals surface area contributed by atoms with Gasteiger partial charge in [0.1, 0.15) is 5.54 Å². The summed E-state index contributed by atoms with van der Waals surface area (Å²) in [5, 5.41) is 12.0.